The van der Waals surface area contributed by atoms with E-state index in [-0.39, 0.29) is 26.2 Å². The number of rotatable bonds is 1. The van der Waals surface area contributed by atoms with E-state index in [1.807, 2.05) is 13.8 Å². The van der Waals surface area contributed by atoms with Crippen LogP contribution in [0.3, 0.4) is 0 Å². The molecule has 0 unspecified atom stereocenters. The second-order valence-corrected chi connectivity index (χ2v) is 4.61. The summed E-state index contributed by atoms with van der Waals surface area (Å²) in [6.45, 7) is 3.45. The summed E-state index contributed by atoms with van der Waals surface area (Å²) < 4.78 is 27.1. The molecule has 0 atom stereocenters. The van der Waals surface area contributed by atoms with Gasteiger partial charge in [0.25, 0.3) is 5.92 Å². The molecule has 1 spiro atoms. The van der Waals surface area contributed by atoms with Crippen molar-refractivity contribution >= 4 is 0 Å². The van der Waals surface area contributed by atoms with E-state index in [2.05, 4.69) is 0 Å². The smallest absolute Gasteiger partial charge is 0.330 e. The van der Waals surface area contributed by atoms with Crippen molar-refractivity contribution in [1.82, 2.24) is 9.80 Å². The predicted octanol–water partition coefficient (Wildman–Crippen LogP) is -0.516. The Morgan fingerprint density at radius 3 is 1.76 bits per heavy atom. The highest BCUT2D eigenvalue weighted by atomic mass is 19.3. The zero-order chi connectivity index (χ0) is 13.5. The van der Waals surface area contributed by atoms with Crippen LogP contribution in [0.1, 0.15) is 13.8 Å². The third kappa shape index (κ3) is 2.43. The molecule has 0 saturated carbocycles. The largest absolute Gasteiger partial charge is 0.345 e. The molecule has 0 bridgehead atoms. The molecule has 0 aromatic heterocycles. The number of aliphatic hydroxyl groups is 3. The molecule has 2 fully saturated rings. The summed E-state index contributed by atoms with van der Waals surface area (Å²) in [5, 5.41) is 26.4. The van der Waals surface area contributed by atoms with Gasteiger partial charge < -0.3 is 15.3 Å². The van der Waals surface area contributed by atoms with Crippen LogP contribution in [0.5, 0.6) is 0 Å². The molecule has 17 heavy (non-hydrogen) atoms. The van der Waals surface area contributed by atoms with Crippen LogP contribution in [0, 0.1) is 5.41 Å². The van der Waals surface area contributed by atoms with Crippen molar-refractivity contribution in [3.05, 3.63) is 0 Å². The minimum Gasteiger partial charge on any atom is -0.330 e. The standard InChI is InChI=1S/C8H14F2N2O3.C2H6/c1-11-2-6(7(9,10)5-11)3-12(4-6)8(13,14)15;1-2/h13-15H,2-5H2,1H3;1-2H3. The lowest BCUT2D eigenvalue weighted by atomic mass is 9.76. The molecule has 2 heterocycles. The Balaban J connectivity index is 0.000000686. The molecule has 2 saturated heterocycles. The van der Waals surface area contributed by atoms with Gasteiger partial charge in [-0.1, -0.05) is 13.8 Å². The normalized spacial score (nSPS) is 27.5. The van der Waals surface area contributed by atoms with Gasteiger partial charge in [-0.05, 0) is 7.05 Å². The Labute approximate surface area is 99.3 Å². The predicted molar refractivity (Wildman–Crippen MR) is 57.2 cm³/mol. The second-order valence-electron chi connectivity index (χ2n) is 4.61. The first kappa shape index (κ1) is 14.7. The fourth-order valence-electron chi connectivity index (χ4n) is 2.42. The van der Waals surface area contributed by atoms with Gasteiger partial charge in [-0.3, -0.25) is 4.90 Å². The SMILES string of the molecule is CC.CN1CC(F)(F)C2(C1)CN(C(O)(O)O)C2. The van der Waals surface area contributed by atoms with Crippen LogP contribution in [0.15, 0.2) is 0 Å². The summed E-state index contributed by atoms with van der Waals surface area (Å²) in [5.74, 6) is -2.84. The molecular formula is C10H20F2N2O3. The highest BCUT2D eigenvalue weighted by Crippen LogP contribution is 2.50. The fraction of sp³-hybridized carbons (Fsp3) is 1.00. The van der Waals surface area contributed by atoms with E-state index in [1.54, 1.807) is 7.05 Å². The quantitative estimate of drug-likeness (QED) is 0.550. The minimum atomic E-state index is -2.98. The van der Waals surface area contributed by atoms with E-state index in [4.69, 9.17) is 15.3 Å². The van der Waals surface area contributed by atoms with Crippen LogP contribution in [-0.2, 0) is 0 Å². The van der Waals surface area contributed by atoms with Crippen molar-refractivity contribution in [2.45, 2.75) is 25.9 Å². The minimum absolute atomic E-state index is 0.201. The molecule has 2 aliphatic rings. The first-order chi connectivity index (χ1) is 7.66. The summed E-state index contributed by atoms with van der Waals surface area (Å²) in [6.07, 6.45) is -2.98. The Bertz CT molecular complexity index is 275. The van der Waals surface area contributed by atoms with Crippen LogP contribution in [0.4, 0.5) is 8.78 Å². The topological polar surface area (TPSA) is 67.2 Å². The number of hydrogen-bond acceptors (Lipinski definition) is 5. The van der Waals surface area contributed by atoms with E-state index in [1.165, 1.54) is 4.90 Å². The van der Waals surface area contributed by atoms with Crippen LogP contribution in [0.25, 0.3) is 0 Å². The Morgan fingerprint density at radius 1 is 1.00 bits per heavy atom. The molecule has 2 rings (SSSR count). The molecule has 7 heteroatoms. The Morgan fingerprint density at radius 2 is 1.47 bits per heavy atom. The van der Waals surface area contributed by atoms with E-state index < -0.39 is 17.4 Å². The van der Waals surface area contributed by atoms with E-state index >= 15 is 0 Å². The summed E-state index contributed by atoms with van der Waals surface area (Å²) in [7, 11) is 1.59. The van der Waals surface area contributed by atoms with Gasteiger partial charge in [-0.15, -0.1) is 0 Å². The maximum atomic E-state index is 13.5. The lowest BCUT2D eigenvalue weighted by molar-refractivity contribution is -0.424. The van der Waals surface area contributed by atoms with Gasteiger partial charge in [0.1, 0.15) is 0 Å². The van der Waals surface area contributed by atoms with Crippen molar-refractivity contribution in [1.29, 1.82) is 0 Å². The molecule has 0 aliphatic carbocycles. The van der Waals surface area contributed by atoms with Crippen LogP contribution < -0.4 is 0 Å². The van der Waals surface area contributed by atoms with Crippen molar-refractivity contribution in [3.63, 3.8) is 0 Å². The first-order valence-corrected chi connectivity index (χ1v) is 5.65. The molecule has 0 aromatic carbocycles. The second kappa shape index (κ2) is 4.40. The Hall–Kier alpha value is -0.340. The highest BCUT2D eigenvalue weighted by Gasteiger charge is 2.67. The average molecular weight is 254 g/mol. The van der Waals surface area contributed by atoms with Crippen molar-refractivity contribution in [2.24, 2.45) is 5.41 Å². The molecule has 0 aromatic rings. The van der Waals surface area contributed by atoms with Crippen molar-refractivity contribution < 1.29 is 24.1 Å². The summed E-state index contributed by atoms with van der Waals surface area (Å²) in [4.78, 5) is 2.31. The summed E-state index contributed by atoms with van der Waals surface area (Å²) in [5.41, 5.74) is -1.25. The fourth-order valence-corrected chi connectivity index (χ4v) is 2.42. The van der Waals surface area contributed by atoms with E-state index in [9.17, 15) is 8.78 Å². The molecule has 0 radical (unpaired) electrons. The number of likely N-dealkylation sites (tertiary alicyclic amines) is 2. The summed E-state index contributed by atoms with van der Waals surface area (Å²) >= 11 is 0. The third-order valence-electron chi connectivity index (χ3n) is 3.23. The molecule has 3 N–H and O–H groups in total. The Kier molecular flexibility index (Phi) is 3.81. The third-order valence-corrected chi connectivity index (χ3v) is 3.23. The van der Waals surface area contributed by atoms with E-state index in [0.717, 1.165) is 4.90 Å². The zero-order valence-electron chi connectivity index (χ0n) is 10.3. The maximum absolute atomic E-state index is 13.5. The summed E-state index contributed by atoms with van der Waals surface area (Å²) in [6, 6.07) is 0. The van der Waals surface area contributed by atoms with Crippen molar-refractivity contribution in [2.75, 3.05) is 33.2 Å². The monoisotopic (exact) mass is 254 g/mol. The van der Waals surface area contributed by atoms with Crippen LogP contribution >= 0.6 is 0 Å². The maximum Gasteiger partial charge on any atom is 0.345 e. The lowest BCUT2D eigenvalue weighted by Gasteiger charge is -2.52. The molecule has 5 nitrogen and oxygen atoms in total. The van der Waals surface area contributed by atoms with Gasteiger partial charge in [0.2, 0.25) is 0 Å². The number of halogens is 2. The highest BCUT2D eigenvalue weighted by molar-refractivity contribution is 5.10. The lowest BCUT2D eigenvalue weighted by Crippen LogP contribution is -2.70. The molecule has 2 aliphatic heterocycles. The van der Waals surface area contributed by atoms with Gasteiger partial charge in [0.05, 0.1) is 12.0 Å². The number of alkyl halides is 2. The van der Waals surface area contributed by atoms with Crippen LogP contribution in [-0.4, -0.2) is 70.4 Å². The molecule has 0 amide bonds. The van der Waals surface area contributed by atoms with Gasteiger partial charge in [0, 0.05) is 19.6 Å². The first-order valence-electron chi connectivity index (χ1n) is 5.65. The zero-order valence-corrected chi connectivity index (χ0v) is 10.3. The van der Waals surface area contributed by atoms with Gasteiger partial charge >= 0.3 is 6.10 Å². The van der Waals surface area contributed by atoms with Crippen molar-refractivity contribution in [3.8, 4) is 0 Å². The molecular weight excluding hydrogens is 234 g/mol. The average Bonchev–Trinajstić information content (AvgIpc) is 2.34. The van der Waals surface area contributed by atoms with Gasteiger partial charge in [0.15, 0.2) is 0 Å². The number of nitrogens with zero attached hydrogens (tertiary/aromatic N) is 2. The van der Waals surface area contributed by atoms with E-state index in [0.29, 0.717) is 0 Å². The van der Waals surface area contributed by atoms with Crippen LogP contribution in [0.2, 0.25) is 0 Å². The van der Waals surface area contributed by atoms with Gasteiger partial charge in [-0.2, -0.15) is 0 Å². The van der Waals surface area contributed by atoms with Gasteiger partial charge in [-0.25, -0.2) is 13.7 Å². The number of hydrogen-bond donors (Lipinski definition) is 3. The molecule has 102 valence electrons.